The first kappa shape index (κ1) is 22.1. The van der Waals surface area contributed by atoms with E-state index in [1.807, 2.05) is 69.3 Å². The summed E-state index contributed by atoms with van der Waals surface area (Å²) in [6.45, 7) is 7.33. The van der Waals surface area contributed by atoms with Crippen LogP contribution in [0.5, 0.6) is 5.75 Å². The molecule has 0 fully saturated rings. The van der Waals surface area contributed by atoms with Gasteiger partial charge in [0.25, 0.3) is 5.56 Å². The van der Waals surface area contributed by atoms with Crippen molar-refractivity contribution in [3.63, 3.8) is 0 Å². The Kier molecular flexibility index (Phi) is 5.37. The summed E-state index contributed by atoms with van der Waals surface area (Å²) in [6, 6.07) is 13.2. The fourth-order valence-electron chi connectivity index (χ4n) is 4.82. The molecule has 1 atom stereocenters. The third-order valence-corrected chi connectivity index (χ3v) is 7.28. The number of allylic oxidation sites excluding steroid dienone is 2. The van der Waals surface area contributed by atoms with E-state index in [0.717, 1.165) is 33.3 Å². The van der Waals surface area contributed by atoms with Gasteiger partial charge in [-0.1, -0.05) is 41.7 Å². The van der Waals surface area contributed by atoms with Crippen molar-refractivity contribution in [3.8, 4) is 5.75 Å². The van der Waals surface area contributed by atoms with E-state index in [1.165, 1.54) is 18.3 Å². The van der Waals surface area contributed by atoms with Gasteiger partial charge in [0.2, 0.25) is 0 Å². The van der Waals surface area contributed by atoms with E-state index >= 15 is 0 Å². The van der Waals surface area contributed by atoms with Crippen LogP contribution >= 0.6 is 11.3 Å². The molecule has 0 amide bonds. The predicted molar refractivity (Wildman–Crippen MR) is 135 cm³/mol. The van der Waals surface area contributed by atoms with Crippen LogP contribution in [0.1, 0.15) is 42.4 Å². The van der Waals surface area contributed by atoms with E-state index in [4.69, 9.17) is 4.74 Å². The molecule has 1 aliphatic rings. The predicted octanol–water partition coefficient (Wildman–Crippen LogP) is 3.93. The van der Waals surface area contributed by atoms with Gasteiger partial charge in [0, 0.05) is 28.2 Å². The monoisotopic (exact) mass is 471 g/mol. The number of rotatable bonds is 4. The van der Waals surface area contributed by atoms with Crippen molar-refractivity contribution < 1.29 is 9.53 Å². The van der Waals surface area contributed by atoms with Crippen LogP contribution < -0.4 is 19.6 Å². The van der Waals surface area contributed by atoms with Crippen LogP contribution in [0.3, 0.4) is 0 Å². The zero-order valence-electron chi connectivity index (χ0n) is 19.7. The number of nitrogens with zero attached hydrogens (tertiary/aromatic N) is 2. The minimum atomic E-state index is -0.633. The molecular weight excluding hydrogens is 446 g/mol. The van der Waals surface area contributed by atoms with E-state index in [2.05, 4.69) is 9.98 Å². The second kappa shape index (κ2) is 8.25. The van der Waals surface area contributed by atoms with Crippen molar-refractivity contribution in [3.05, 3.63) is 95.9 Å². The van der Waals surface area contributed by atoms with Gasteiger partial charge in [-0.25, -0.2) is 4.99 Å². The van der Waals surface area contributed by atoms with Crippen LogP contribution in [-0.4, -0.2) is 22.4 Å². The average molecular weight is 472 g/mol. The molecular formula is C27H25N3O3S. The number of Topliss-reactive ketones (excluding diaryl/α,β-unsaturated/α-hetero) is 1. The van der Waals surface area contributed by atoms with Crippen molar-refractivity contribution in [2.45, 2.75) is 33.7 Å². The van der Waals surface area contributed by atoms with Crippen molar-refractivity contribution in [2.75, 3.05) is 7.11 Å². The van der Waals surface area contributed by atoms with Crippen LogP contribution in [-0.2, 0) is 4.79 Å². The zero-order valence-corrected chi connectivity index (χ0v) is 20.5. The number of aromatic nitrogens is 2. The molecule has 7 heteroatoms. The molecule has 5 rings (SSSR count). The third kappa shape index (κ3) is 3.44. The summed E-state index contributed by atoms with van der Waals surface area (Å²) >= 11 is 1.34. The molecule has 2 aromatic carbocycles. The highest BCUT2D eigenvalue weighted by Crippen LogP contribution is 2.40. The van der Waals surface area contributed by atoms with E-state index in [1.54, 1.807) is 11.7 Å². The summed E-state index contributed by atoms with van der Waals surface area (Å²) in [6.07, 6.45) is 1.90. The average Bonchev–Trinajstić information content (AvgIpc) is 3.28. The van der Waals surface area contributed by atoms with E-state index in [-0.39, 0.29) is 11.3 Å². The minimum Gasteiger partial charge on any atom is -0.496 e. The SMILES string of the molecule is COc1ccc2ccccc2c1C1C(C(C)=O)=C(C)N=c2s/c(=C/c3cc(C)[nH]c3C)c(=O)n21. The lowest BCUT2D eigenvalue weighted by Crippen LogP contribution is -2.39. The number of ether oxygens (including phenoxy) is 1. The molecule has 4 aromatic rings. The van der Waals surface area contributed by atoms with Gasteiger partial charge in [-0.3, -0.25) is 14.2 Å². The van der Waals surface area contributed by atoms with Gasteiger partial charge in [-0.15, -0.1) is 0 Å². The largest absolute Gasteiger partial charge is 0.496 e. The Morgan fingerprint density at radius 2 is 1.94 bits per heavy atom. The van der Waals surface area contributed by atoms with Gasteiger partial charge in [-0.05, 0) is 62.2 Å². The van der Waals surface area contributed by atoms with E-state index in [9.17, 15) is 9.59 Å². The Morgan fingerprint density at radius 3 is 2.62 bits per heavy atom. The summed E-state index contributed by atoms with van der Waals surface area (Å²) in [5, 5.41) is 1.95. The second-order valence-electron chi connectivity index (χ2n) is 8.57. The Bertz CT molecular complexity index is 1680. The van der Waals surface area contributed by atoms with Crippen molar-refractivity contribution in [2.24, 2.45) is 4.99 Å². The van der Waals surface area contributed by atoms with Gasteiger partial charge in [-0.2, -0.15) is 0 Å². The number of fused-ring (bicyclic) bond motifs is 2. The molecule has 0 radical (unpaired) electrons. The Morgan fingerprint density at radius 1 is 1.18 bits per heavy atom. The first-order valence-electron chi connectivity index (χ1n) is 11.1. The molecule has 34 heavy (non-hydrogen) atoms. The number of aromatic amines is 1. The number of methoxy groups -OCH3 is 1. The van der Waals surface area contributed by atoms with Crippen molar-refractivity contribution in [1.29, 1.82) is 0 Å². The summed E-state index contributed by atoms with van der Waals surface area (Å²) in [5.41, 5.74) is 4.73. The Labute approximate surface area is 200 Å². The Hall–Kier alpha value is -3.71. The number of ketones is 1. The van der Waals surface area contributed by atoms with Gasteiger partial charge in [0.15, 0.2) is 10.6 Å². The number of nitrogens with one attached hydrogen (secondary N) is 1. The molecule has 0 spiro atoms. The molecule has 1 unspecified atom stereocenters. The maximum Gasteiger partial charge on any atom is 0.271 e. The molecule has 0 bridgehead atoms. The second-order valence-corrected chi connectivity index (χ2v) is 9.58. The molecule has 0 saturated carbocycles. The van der Waals surface area contributed by atoms with E-state index < -0.39 is 6.04 Å². The minimum absolute atomic E-state index is 0.118. The van der Waals surface area contributed by atoms with Crippen LogP contribution in [0.25, 0.3) is 16.8 Å². The fraction of sp³-hybridized carbons (Fsp3) is 0.222. The highest BCUT2D eigenvalue weighted by atomic mass is 32.1. The lowest BCUT2D eigenvalue weighted by Gasteiger charge is -2.27. The number of H-pyrrole nitrogens is 1. The number of hydrogen-bond acceptors (Lipinski definition) is 5. The lowest BCUT2D eigenvalue weighted by atomic mass is 9.89. The standard InChI is InChI=1S/C27H25N3O3S/c1-14-12-19(15(2)28-14)13-22-26(32)30-25(23(17(4)31)16(3)29-27(30)34-22)24-20-9-7-6-8-18(20)10-11-21(24)33-5/h6-13,25,28H,1-5H3/b22-13+. The maximum atomic E-state index is 13.8. The van der Waals surface area contributed by atoms with Crippen molar-refractivity contribution in [1.82, 2.24) is 9.55 Å². The number of aryl methyl sites for hydroxylation is 2. The van der Waals surface area contributed by atoms with Crippen LogP contribution in [0.4, 0.5) is 0 Å². The first-order valence-corrected chi connectivity index (χ1v) is 11.9. The van der Waals surface area contributed by atoms with Crippen LogP contribution in [0.15, 0.2) is 63.5 Å². The number of benzene rings is 2. The van der Waals surface area contributed by atoms with Gasteiger partial charge in [0.1, 0.15) is 5.75 Å². The Balaban J connectivity index is 1.88. The molecule has 2 aromatic heterocycles. The third-order valence-electron chi connectivity index (χ3n) is 6.30. The van der Waals surface area contributed by atoms with Gasteiger partial charge >= 0.3 is 0 Å². The molecule has 6 nitrogen and oxygen atoms in total. The number of hydrogen-bond donors (Lipinski definition) is 1. The molecule has 1 N–H and O–H groups in total. The normalized spacial score (nSPS) is 16.0. The van der Waals surface area contributed by atoms with Gasteiger partial charge < -0.3 is 9.72 Å². The summed E-state index contributed by atoms with van der Waals surface area (Å²) in [4.78, 5) is 35.3. The highest BCUT2D eigenvalue weighted by molar-refractivity contribution is 7.07. The summed E-state index contributed by atoms with van der Waals surface area (Å²) < 4.78 is 7.98. The number of carbonyl (C=O) groups excluding carboxylic acids is 1. The molecule has 172 valence electrons. The smallest absolute Gasteiger partial charge is 0.271 e. The quantitative estimate of drug-likeness (QED) is 0.490. The maximum absolute atomic E-state index is 13.8. The zero-order chi connectivity index (χ0) is 24.1. The molecule has 0 aliphatic carbocycles. The van der Waals surface area contributed by atoms with Crippen molar-refractivity contribution >= 4 is 34.0 Å². The highest BCUT2D eigenvalue weighted by Gasteiger charge is 2.33. The molecule has 3 heterocycles. The summed E-state index contributed by atoms with van der Waals surface area (Å²) in [5.74, 6) is 0.511. The van der Waals surface area contributed by atoms with Gasteiger partial charge in [0.05, 0.1) is 17.7 Å². The first-order chi connectivity index (χ1) is 16.3. The number of thiazole rings is 1. The van der Waals surface area contributed by atoms with E-state index in [0.29, 0.717) is 26.4 Å². The fourth-order valence-corrected chi connectivity index (χ4v) is 5.85. The topological polar surface area (TPSA) is 76.4 Å². The molecule has 1 aliphatic heterocycles. The lowest BCUT2D eigenvalue weighted by molar-refractivity contribution is -0.114. The summed E-state index contributed by atoms with van der Waals surface area (Å²) in [7, 11) is 1.61. The van der Waals surface area contributed by atoms with Crippen LogP contribution in [0, 0.1) is 13.8 Å². The molecule has 0 saturated heterocycles. The van der Waals surface area contributed by atoms with Crippen LogP contribution in [0.2, 0.25) is 0 Å². The number of carbonyl (C=O) groups is 1.